The SMILES string of the molecule is Cc1cn2cccc(NC(=O)Cc3ccc(Br)cc3)c2n1. The van der Waals surface area contributed by atoms with Crippen LogP contribution in [0.2, 0.25) is 0 Å². The molecule has 0 saturated carbocycles. The average Bonchev–Trinajstić information content (AvgIpc) is 2.83. The van der Waals surface area contributed by atoms with Crippen LogP contribution in [0.15, 0.2) is 53.3 Å². The number of carbonyl (C=O) groups excluding carboxylic acids is 1. The van der Waals surface area contributed by atoms with Crippen LogP contribution in [0.3, 0.4) is 0 Å². The molecule has 1 aromatic carbocycles. The van der Waals surface area contributed by atoms with E-state index in [1.54, 1.807) is 0 Å². The predicted octanol–water partition coefficient (Wildman–Crippen LogP) is 3.59. The van der Waals surface area contributed by atoms with E-state index in [2.05, 4.69) is 26.2 Å². The average molecular weight is 344 g/mol. The second kappa shape index (κ2) is 5.69. The van der Waals surface area contributed by atoms with Crippen molar-refractivity contribution < 1.29 is 4.79 Å². The van der Waals surface area contributed by atoms with Gasteiger partial charge in [0.15, 0.2) is 5.65 Å². The lowest BCUT2D eigenvalue weighted by Crippen LogP contribution is -2.15. The maximum absolute atomic E-state index is 12.2. The first-order valence-electron chi connectivity index (χ1n) is 6.60. The van der Waals surface area contributed by atoms with E-state index in [4.69, 9.17) is 0 Å². The van der Waals surface area contributed by atoms with Gasteiger partial charge in [-0.3, -0.25) is 4.79 Å². The molecule has 1 amide bonds. The molecule has 0 atom stereocenters. The van der Waals surface area contributed by atoms with Crippen molar-refractivity contribution in [2.45, 2.75) is 13.3 Å². The number of imidazole rings is 1. The number of aryl methyl sites for hydroxylation is 1. The molecule has 0 saturated heterocycles. The third kappa shape index (κ3) is 3.13. The molecule has 0 aliphatic heterocycles. The first-order chi connectivity index (χ1) is 10.1. The zero-order valence-corrected chi connectivity index (χ0v) is 13.1. The molecule has 1 N–H and O–H groups in total. The topological polar surface area (TPSA) is 46.4 Å². The summed E-state index contributed by atoms with van der Waals surface area (Å²) in [5.74, 6) is -0.0499. The third-order valence-corrected chi connectivity index (χ3v) is 3.68. The normalized spacial score (nSPS) is 10.8. The summed E-state index contributed by atoms with van der Waals surface area (Å²) in [4.78, 5) is 16.6. The van der Waals surface area contributed by atoms with Gasteiger partial charge in [-0.05, 0) is 36.8 Å². The quantitative estimate of drug-likeness (QED) is 0.789. The lowest BCUT2D eigenvalue weighted by Gasteiger charge is -2.06. The molecule has 106 valence electrons. The Labute approximate surface area is 131 Å². The van der Waals surface area contributed by atoms with Gasteiger partial charge in [-0.15, -0.1) is 0 Å². The fourth-order valence-electron chi connectivity index (χ4n) is 2.22. The van der Waals surface area contributed by atoms with E-state index in [0.29, 0.717) is 6.42 Å². The zero-order valence-electron chi connectivity index (χ0n) is 11.5. The standard InChI is InChI=1S/C16H14BrN3O/c1-11-10-20-8-2-3-14(16(20)18-11)19-15(21)9-12-4-6-13(17)7-5-12/h2-8,10H,9H2,1H3,(H,19,21). The number of anilines is 1. The van der Waals surface area contributed by atoms with Crippen molar-refractivity contribution in [2.24, 2.45) is 0 Å². The van der Waals surface area contributed by atoms with Gasteiger partial charge in [-0.1, -0.05) is 28.1 Å². The maximum atomic E-state index is 12.2. The summed E-state index contributed by atoms with van der Waals surface area (Å²) in [5.41, 5.74) is 3.39. The second-order valence-corrected chi connectivity index (χ2v) is 5.80. The number of benzene rings is 1. The number of pyridine rings is 1. The molecule has 0 spiro atoms. The van der Waals surface area contributed by atoms with Crippen LogP contribution in [-0.4, -0.2) is 15.3 Å². The molecule has 21 heavy (non-hydrogen) atoms. The highest BCUT2D eigenvalue weighted by atomic mass is 79.9. The van der Waals surface area contributed by atoms with E-state index in [9.17, 15) is 4.79 Å². The number of fused-ring (bicyclic) bond motifs is 1. The van der Waals surface area contributed by atoms with Crippen molar-refractivity contribution in [3.05, 3.63) is 64.5 Å². The fourth-order valence-corrected chi connectivity index (χ4v) is 2.48. The van der Waals surface area contributed by atoms with E-state index >= 15 is 0 Å². The number of amides is 1. The van der Waals surface area contributed by atoms with Gasteiger partial charge in [0.2, 0.25) is 5.91 Å². The zero-order chi connectivity index (χ0) is 14.8. The molecule has 0 aliphatic rings. The van der Waals surface area contributed by atoms with Crippen LogP contribution < -0.4 is 5.32 Å². The Morgan fingerprint density at radius 2 is 2.05 bits per heavy atom. The number of hydrogen-bond donors (Lipinski definition) is 1. The van der Waals surface area contributed by atoms with Gasteiger partial charge in [0.25, 0.3) is 0 Å². The Morgan fingerprint density at radius 1 is 1.29 bits per heavy atom. The van der Waals surface area contributed by atoms with Crippen molar-refractivity contribution in [3.63, 3.8) is 0 Å². The Hall–Kier alpha value is -2.14. The molecular formula is C16H14BrN3O. The molecule has 0 unspecified atom stereocenters. The minimum atomic E-state index is -0.0499. The molecule has 4 nitrogen and oxygen atoms in total. The Kier molecular flexibility index (Phi) is 3.75. The first kappa shape index (κ1) is 13.8. The van der Waals surface area contributed by atoms with Crippen LogP contribution in [0.4, 0.5) is 5.69 Å². The number of hydrogen-bond acceptors (Lipinski definition) is 2. The molecule has 0 bridgehead atoms. The summed E-state index contributed by atoms with van der Waals surface area (Å²) in [6.45, 7) is 1.93. The van der Waals surface area contributed by atoms with Gasteiger partial charge >= 0.3 is 0 Å². The van der Waals surface area contributed by atoms with Crippen LogP contribution in [0.5, 0.6) is 0 Å². The first-order valence-corrected chi connectivity index (χ1v) is 7.40. The van der Waals surface area contributed by atoms with E-state index in [1.165, 1.54) is 0 Å². The number of rotatable bonds is 3. The number of halogens is 1. The minimum absolute atomic E-state index is 0.0499. The van der Waals surface area contributed by atoms with E-state index < -0.39 is 0 Å². The molecule has 0 radical (unpaired) electrons. The lowest BCUT2D eigenvalue weighted by atomic mass is 10.1. The molecule has 0 aliphatic carbocycles. The molecular weight excluding hydrogens is 330 g/mol. The van der Waals surface area contributed by atoms with Crippen molar-refractivity contribution in [1.82, 2.24) is 9.38 Å². The Balaban J connectivity index is 1.78. The van der Waals surface area contributed by atoms with Gasteiger partial charge in [0, 0.05) is 16.9 Å². The highest BCUT2D eigenvalue weighted by Gasteiger charge is 2.08. The van der Waals surface area contributed by atoms with Crippen molar-refractivity contribution in [1.29, 1.82) is 0 Å². The van der Waals surface area contributed by atoms with Crippen molar-refractivity contribution in [2.75, 3.05) is 5.32 Å². The van der Waals surface area contributed by atoms with Crippen LogP contribution in [-0.2, 0) is 11.2 Å². The van der Waals surface area contributed by atoms with E-state index in [-0.39, 0.29) is 5.91 Å². The number of aromatic nitrogens is 2. The van der Waals surface area contributed by atoms with Crippen molar-refractivity contribution in [3.8, 4) is 0 Å². The van der Waals surface area contributed by atoms with Crippen molar-refractivity contribution >= 4 is 33.2 Å². The highest BCUT2D eigenvalue weighted by Crippen LogP contribution is 2.17. The van der Waals surface area contributed by atoms with Gasteiger partial charge in [0.1, 0.15) is 0 Å². The Bertz CT molecular complexity index is 793. The third-order valence-electron chi connectivity index (χ3n) is 3.16. The minimum Gasteiger partial charge on any atom is -0.323 e. The number of nitrogens with zero attached hydrogens (tertiary/aromatic N) is 2. The lowest BCUT2D eigenvalue weighted by molar-refractivity contribution is -0.115. The van der Waals surface area contributed by atoms with Crippen LogP contribution in [0, 0.1) is 6.92 Å². The van der Waals surface area contributed by atoms with Gasteiger partial charge in [-0.25, -0.2) is 4.98 Å². The number of nitrogens with one attached hydrogen (secondary N) is 1. The monoisotopic (exact) mass is 343 g/mol. The van der Waals surface area contributed by atoms with Crippen LogP contribution in [0.1, 0.15) is 11.3 Å². The molecule has 3 rings (SSSR count). The Morgan fingerprint density at radius 3 is 2.81 bits per heavy atom. The molecule has 2 heterocycles. The van der Waals surface area contributed by atoms with Gasteiger partial charge in [-0.2, -0.15) is 0 Å². The van der Waals surface area contributed by atoms with Gasteiger partial charge < -0.3 is 9.72 Å². The molecule has 5 heteroatoms. The molecule has 0 fully saturated rings. The molecule has 3 aromatic rings. The summed E-state index contributed by atoms with van der Waals surface area (Å²) < 4.78 is 2.91. The summed E-state index contributed by atoms with van der Waals surface area (Å²) in [6.07, 6.45) is 4.19. The largest absolute Gasteiger partial charge is 0.323 e. The number of carbonyl (C=O) groups is 1. The van der Waals surface area contributed by atoms with Crippen LogP contribution >= 0.6 is 15.9 Å². The summed E-state index contributed by atoms with van der Waals surface area (Å²) in [7, 11) is 0. The molecule has 2 aromatic heterocycles. The summed E-state index contributed by atoms with van der Waals surface area (Å²) >= 11 is 3.38. The summed E-state index contributed by atoms with van der Waals surface area (Å²) in [5, 5.41) is 2.93. The maximum Gasteiger partial charge on any atom is 0.228 e. The van der Waals surface area contributed by atoms with E-state index in [0.717, 1.165) is 27.1 Å². The van der Waals surface area contributed by atoms with Crippen LogP contribution in [0.25, 0.3) is 5.65 Å². The van der Waals surface area contributed by atoms with E-state index in [1.807, 2.05) is 60.1 Å². The smallest absolute Gasteiger partial charge is 0.228 e. The fraction of sp³-hybridized carbons (Fsp3) is 0.125. The predicted molar refractivity (Wildman–Crippen MR) is 86.4 cm³/mol. The second-order valence-electron chi connectivity index (χ2n) is 4.89. The highest BCUT2D eigenvalue weighted by molar-refractivity contribution is 9.10. The van der Waals surface area contributed by atoms with Gasteiger partial charge in [0.05, 0.1) is 17.8 Å². The summed E-state index contributed by atoms with van der Waals surface area (Å²) in [6, 6.07) is 11.5.